The number of nitrogen functional groups attached to an aromatic ring is 1. The van der Waals surface area contributed by atoms with Crippen LogP contribution >= 0.6 is 0 Å². The zero-order valence-electron chi connectivity index (χ0n) is 11.7. The van der Waals surface area contributed by atoms with Gasteiger partial charge in [0.2, 0.25) is 10.0 Å². The summed E-state index contributed by atoms with van der Waals surface area (Å²) in [6.07, 6.45) is 1.76. The summed E-state index contributed by atoms with van der Waals surface area (Å²) in [7, 11) is -1.98. The first kappa shape index (κ1) is 15.8. The maximum atomic E-state index is 12.5. The van der Waals surface area contributed by atoms with Gasteiger partial charge < -0.3 is 10.5 Å². The maximum Gasteiger partial charge on any atom is 0.246 e. The highest BCUT2D eigenvalue weighted by Gasteiger charge is 2.24. The smallest absolute Gasteiger partial charge is 0.246 e. The molecule has 0 aliphatic carbocycles. The first-order valence-corrected chi connectivity index (χ1v) is 7.86. The molecule has 5 nitrogen and oxygen atoms in total. The molecule has 108 valence electrons. The van der Waals surface area contributed by atoms with Crippen LogP contribution in [0.4, 0.5) is 5.69 Å². The highest BCUT2D eigenvalue weighted by Crippen LogP contribution is 2.28. The van der Waals surface area contributed by atoms with Gasteiger partial charge in [-0.15, -0.1) is 0 Å². The average Bonchev–Trinajstić information content (AvgIpc) is 2.38. The molecule has 0 aliphatic heterocycles. The van der Waals surface area contributed by atoms with E-state index in [4.69, 9.17) is 10.5 Å². The fourth-order valence-electron chi connectivity index (χ4n) is 1.67. The molecule has 0 aromatic heterocycles. The summed E-state index contributed by atoms with van der Waals surface area (Å²) in [4.78, 5) is 0.132. The van der Waals surface area contributed by atoms with Gasteiger partial charge in [-0.2, -0.15) is 0 Å². The van der Waals surface area contributed by atoms with Crippen LogP contribution in [0, 0.1) is 0 Å². The van der Waals surface area contributed by atoms with Gasteiger partial charge in [0.1, 0.15) is 10.6 Å². The number of ether oxygens (including phenoxy) is 1. The Bertz CT molecular complexity index is 515. The van der Waals surface area contributed by atoms with Crippen molar-refractivity contribution in [3.8, 4) is 5.75 Å². The summed E-state index contributed by atoms with van der Waals surface area (Å²) in [5, 5.41) is 0. The fraction of sp³-hybridized carbons (Fsp3) is 0.538. The van der Waals surface area contributed by atoms with Gasteiger partial charge in [0.25, 0.3) is 0 Å². The van der Waals surface area contributed by atoms with Gasteiger partial charge in [-0.05, 0) is 31.5 Å². The molecule has 6 heteroatoms. The largest absolute Gasteiger partial charge is 0.492 e. The van der Waals surface area contributed by atoms with Crippen LogP contribution in [0.25, 0.3) is 0 Å². The molecule has 0 saturated heterocycles. The van der Waals surface area contributed by atoms with Gasteiger partial charge in [-0.3, -0.25) is 0 Å². The predicted molar refractivity (Wildman–Crippen MR) is 76.7 cm³/mol. The van der Waals surface area contributed by atoms with Crippen LogP contribution in [0.15, 0.2) is 23.1 Å². The van der Waals surface area contributed by atoms with E-state index in [-0.39, 0.29) is 4.90 Å². The molecule has 2 N–H and O–H groups in total. The molecule has 0 spiro atoms. The SMILES string of the molecule is CCCCN(C)S(=O)(=O)c1cc(N)ccc1OCC. The lowest BCUT2D eigenvalue weighted by molar-refractivity contribution is 0.329. The van der Waals surface area contributed by atoms with Gasteiger partial charge in [-0.1, -0.05) is 13.3 Å². The third kappa shape index (κ3) is 3.84. The zero-order valence-corrected chi connectivity index (χ0v) is 12.5. The van der Waals surface area contributed by atoms with Crippen molar-refractivity contribution >= 4 is 15.7 Å². The summed E-state index contributed by atoms with van der Waals surface area (Å²) in [6, 6.07) is 4.68. The maximum absolute atomic E-state index is 12.5. The Balaban J connectivity index is 3.15. The van der Waals surface area contributed by atoms with E-state index in [2.05, 4.69) is 0 Å². The lowest BCUT2D eigenvalue weighted by atomic mass is 10.3. The molecule has 1 aromatic rings. The highest BCUT2D eigenvalue weighted by atomic mass is 32.2. The Morgan fingerprint density at radius 3 is 2.58 bits per heavy atom. The van der Waals surface area contributed by atoms with Crippen LogP contribution in [-0.4, -0.2) is 32.9 Å². The van der Waals surface area contributed by atoms with Crippen molar-refractivity contribution in [2.75, 3.05) is 25.9 Å². The Labute approximate surface area is 115 Å². The lowest BCUT2D eigenvalue weighted by Crippen LogP contribution is -2.28. The molecule has 0 unspecified atom stereocenters. The van der Waals surface area contributed by atoms with Gasteiger partial charge in [0.15, 0.2) is 0 Å². The molecule has 1 rings (SSSR count). The minimum Gasteiger partial charge on any atom is -0.492 e. The summed E-state index contributed by atoms with van der Waals surface area (Å²) in [5.41, 5.74) is 6.09. The standard InChI is InChI=1S/C13H22N2O3S/c1-4-6-9-15(3)19(16,17)13-10-11(14)7-8-12(13)18-5-2/h7-8,10H,4-6,9,14H2,1-3H3. The number of rotatable bonds is 7. The molecule has 0 radical (unpaired) electrons. The van der Waals surface area contributed by atoms with Crippen LogP contribution in [0.5, 0.6) is 5.75 Å². The predicted octanol–water partition coefficient (Wildman–Crippen LogP) is 2.09. The second-order valence-electron chi connectivity index (χ2n) is 4.32. The van der Waals surface area contributed by atoms with E-state index in [0.717, 1.165) is 12.8 Å². The highest BCUT2D eigenvalue weighted by molar-refractivity contribution is 7.89. The minimum absolute atomic E-state index is 0.132. The average molecular weight is 286 g/mol. The normalized spacial score (nSPS) is 11.8. The van der Waals surface area contributed by atoms with Gasteiger partial charge in [0.05, 0.1) is 6.61 Å². The van der Waals surface area contributed by atoms with Crippen molar-refractivity contribution in [3.63, 3.8) is 0 Å². The summed E-state index contributed by atoms with van der Waals surface area (Å²) in [6.45, 7) is 4.73. The number of hydrogen-bond donors (Lipinski definition) is 1. The van der Waals surface area contributed by atoms with E-state index >= 15 is 0 Å². The summed E-state index contributed by atoms with van der Waals surface area (Å²) in [5.74, 6) is 0.347. The van der Waals surface area contributed by atoms with E-state index in [1.807, 2.05) is 13.8 Å². The van der Waals surface area contributed by atoms with E-state index in [9.17, 15) is 8.42 Å². The molecule has 0 atom stereocenters. The first-order valence-electron chi connectivity index (χ1n) is 6.42. The van der Waals surface area contributed by atoms with E-state index in [0.29, 0.717) is 24.6 Å². The molecular formula is C13H22N2O3S. The Hall–Kier alpha value is -1.27. The lowest BCUT2D eigenvalue weighted by Gasteiger charge is -2.19. The molecule has 0 aliphatic rings. The van der Waals surface area contributed by atoms with Crippen molar-refractivity contribution in [1.82, 2.24) is 4.31 Å². The molecule has 0 bridgehead atoms. The van der Waals surface area contributed by atoms with Crippen LogP contribution in [0.1, 0.15) is 26.7 Å². The topological polar surface area (TPSA) is 72.6 Å². The zero-order chi connectivity index (χ0) is 14.5. The second-order valence-corrected chi connectivity index (χ2v) is 6.33. The van der Waals surface area contributed by atoms with Crippen molar-refractivity contribution in [3.05, 3.63) is 18.2 Å². The number of benzene rings is 1. The van der Waals surface area contributed by atoms with Crippen LogP contribution in [-0.2, 0) is 10.0 Å². The van der Waals surface area contributed by atoms with Gasteiger partial charge in [-0.25, -0.2) is 12.7 Å². The number of hydrogen-bond acceptors (Lipinski definition) is 4. The summed E-state index contributed by atoms with van der Waals surface area (Å²) >= 11 is 0. The number of nitrogens with two attached hydrogens (primary N) is 1. The Morgan fingerprint density at radius 1 is 1.32 bits per heavy atom. The van der Waals surface area contributed by atoms with Crippen LogP contribution in [0.3, 0.4) is 0 Å². The molecule has 19 heavy (non-hydrogen) atoms. The molecule has 0 heterocycles. The second kappa shape index (κ2) is 6.77. The first-order chi connectivity index (χ1) is 8.93. The van der Waals surface area contributed by atoms with Crippen LogP contribution < -0.4 is 10.5 Å². The number of sulfonamides is 1. The molecule has 0 saturated carbocycles. The Morgan fingerprint density at radius 2 is 2.00 bits per heavy atom. The van der Waals surface area contributed by atoms with Gasteiger partial charge >= 0.3 is 0 Å². The molecule has 1 aromatic carbocycles. The fourth-order valence-corrected chi connectivity index (χ4v) is 3.04. The van der Waals surface area contributed by atoms with Crippen molar-refractivity contribution in [2.45, 2.75) is 31.6 Å². The number of unbranched alkanes of at least 4 members (excludes halogenated alkanes) is 1. The van der Waals surface area contributed by atoms with Crippen molar-refractivity contribution < 1.29 is 13.2 Å². The minimum atomic E-state index is -3.56. The van der Waals surface area contributed by atoms with Crippen LogP contribution in [0.2, 0.25) is 0 Å². The molecule has 0 amide bonds. The van der Waals surface area contributed by atoms with Gasteiger partial charge in [0, 0.05) is 19.3 Å². The third-order valence-corrected chi connectivity index (χ3v) is 4.66. The summed E-state index contributed by atoms with van der Waals surface area (Å²) < 4.78 is 31.7. The third-order valence-electron chi connectivity index (χ3n) is 2.78. The Kier molecular flexibility index (Phi) is 5.62. The van der Waals surface area contributed by atoms with E-state index in [1.165, 1.54) is 10.4 Å². The van der Waals surface area contributed by atoms with Crippen molar-refractivity contribution in [1.29, 1.82) is 0 Å². The van der Waals surface area contributed by atoms with E-state index in [1.54, 1.807) is 19.2 Å². The van der Waals surface area contributed by atoms with E-state index < -0.39 is 10.0 Å². The number of nitrogens with zero attached hydrogens (tertiary/aromatic N) is 1. The molecular weight excluding hydrogens is 264 g/mol. The quantitative estimate of drug-likeness (QED) is 0.779. The van der Waals surface area contributed by atoms with Crippen molar-refractivity contribution in [2.24, 2.45) is 0 Å². The number of anilines is 1. The molecule has 0 fully saturated rings. The monoisotopic (exact) mass is 286 g/mol.